The summed E-state index contributed by atoms with van der Waals surface area (Å²) in [5.41, 5.74) is 1.32. The van der Waals surface area contributed by atoms with E-state index in [0.29, 0.717) is 29.2 Å². The first-order chi connectivity index (χ1) is 13.0. The van der Waals surface area contributed by atoms with Crippen LogP contribution < -0.4 is 10.6 Å². The number of carbonyl (C=O) groups excluding carboxylic acids is 3. The summed E-state index contributed by atoms with van der Waals surface area (Å²) in [7, 11) is 0. The topological polar surface area (TPSA) is 78.5 Å². The Bertz CT molecular complexity index is 816. The van der Waals surface area contributed by atoms with Crippen LogP contribution in [0.25, 0.3) is 0 Å². The maximum absolute atomic E-state index is 12.7. The molecule has 1 aromatic heterocycles. The Labute approximate surface area is 162 Å². The van der Waals surface area contributed by atoms with Crippen LogP contribution in [-0.4, -0.2) is 35.2 Å². The van der Waals surface area contributed by atoms with Crippen molar-refractivity contribution in [1.29, 1.82) is 0 Å². The third-order valence-corrected chi connectivity index (χ3v) is 5.35. The molecule has 0 aliphatic carbocycles. The van der Waals surface area contributed by atoms with E-state index in [-0.39, 0.29) is 23.6 Å². The normalized spacial score (nSPS) is 16.4. The first-order valence-corrected chi connectivity index (χ1v) is 9.90. The number of hydrogen-bond donors (Lipinski definition) is 2. The zero-order chi connectivity index (χ0) is 19.4. The highest BCUT2D eigenvalue weighted by atomic mass is 32.1. The number of thiophene rings is 1. The molecule has 7 heteroatoms. The SMILES string of the molecule is CC(C)C(=O)Nc1ccc(NC(=O)C2CCCN2C(=O)c2cccs2)cc1. The largest absolute Gasteiger partial charge is 0.326 e. The highest BCUT2D eigenvalue weighted by molar-refractivity contribution is 7.12. The molecule has 1 aromatic carbocycles. The van der Waals surface area contributed by atoms with Gasteiger partial charge in [-0.25, -0.2) is 0 Å². The summed E-state index contributed by atoms with van der Waals surface area (Å²) >= 11 is 1.39. The van der Waals surface area contributed by atoms with Gasteiger partial charge in [-0.05, 0) is 48.6 Å². The minimum atomic E-state index is -0.458. The van der Waals surface area contributed by atoms with Crippen molar-refractivity contribution in [3.8, 4) is 0 Å². The average Bonchev–Trinajstić information content (AvgIpc) is 3.34. The molecule has 0 bridgehead atoms. The number of benzene rings is 1. The Hall–Kier alpha value is -2.67. The van der Waals surface area contributed by atoms with Crippen LogP contribution in [0.5, 0.6) is 0 Å². The lowest BCUT2D eigenvalue weighted by molar-refractivity contribution is -0.120. The summed E-state index contributed by atoms with van der Waals surface area (Å²) in [6.07, 6.45) is 1.47. The molecule has 1 fully saturated rings. The van der Waals surface area contributed by atoms with Gasteiger partial charge in [0.05, 0.1) is 4.88 Å². The molecule has 3 amide bonds. The molecule has 2 N–H and O–H groups in total. The van der Waals surface area contributed by atoms with E-state index in [1.807, 2.05) is 25.3 Å². The van der Waals surface area contributed by atoms with Crippen molar-refractivity contribution in [1.82, 2.24) is 4.90 Å². The fourth-order valence-electron chi connectivity index (χ4n) is 2.97. The van der Waals surface area contributed by atoms with E-state index >= 15 is 0 Å². The molecule has 2 aromatic rings. The van der Waals surface area contributed by atoms with Crippen LogP contribution in [-0.2, 0) is 9.59 Å². The Morgan fingerprint density at radius 1 is 1.07 bits per heavy atom. The van der Waals surface area contributed by atoms with Crippen molar-refractivity contribution in [3.05, 3.63) is 46.7 Å². The van der Waals surface area contributed by atoms with E-state index in [0.717, 1.165) is 6.42 Å². The molecule has 6 nitrogen and oxygen atoms in total. The number of carbonyl (C=O) groups is 3. The van der Waals surface area contributed by atoms with Gasteiger partial charge in [0.2, 0.25) is 11.8 Å². The van der Waals surface area contributed by atoms with Gasteiger partial charge >= 0.3 is 0 Å². The van der Waals surface area contributed by atoms with Crippen LogP contribution in [0.3, 0.4) is 0 Å². The Balaban J connectivity index is 1.62. The molecule has 0 radical (unpaired) electrons. The molecule has 2 heterocycles. The lowest BCUT2D eigenvalue weighted by atomic mass is 10.2. The highest BCUT2D eigenvalue weighted by Crippen LogP contribution is 2.24. The fourth-order valence-corrected chi connectivity index (χ4v) is 3.65. The lowest BCUT2D eigenvalue weighted by Gasteiger charge is -2.23. The summed E-state index contributed by atoms with van der Waals surface area (Å²) in [6, 6.07) is 10.1. The van der Waals surface area contributed by atoms with Crippen LogP contribution >= 0.6 is 11.3 Å². The maximum Gasteiger partial charge on any atom is 0.264 e. The summed E-state index contributed by atoms with van der Waals surface area (Å²) in [5, 5.41) is 7.55. The summed E-state index contributed by atoms with van der Waals surface area (Å²) in [5.74, 6) is -0.426. The van der Waals surface area contributed by atoms with Crippen LogP contribution in [0.2, 0.25) is 0 Å². The number of nitrogens with one attached hydrogen (secondary N) is 2. The van der Waals surface area contributed by atoms with E-state index in [1.165, 1.54) is 11.3 Å². The van der Waals surface area contributed by atoms with Crippen LogP contribution in [0.1, 0.15) is 36.4 Å². The van der Waals surface area contributed by atoms with Gasteiger partial charge in [-0.15, -0.1) is 11.3 Å². The van der Waals surface area contributed by atoms with Crippen LogP contribution in [0.4, 0.5) is 11.4 Å². The second-order valence-corrected chi connectivity index (χ2v) is 7.79. The van der Waals surface area contributed by atoms with E-state index < -0.39 is 6.04 Å². The number of rotatable bonds is 5. The maximum atomic E-state index is 12.7. The standard InChI is InChI=1S/C20H23N3O3S/c1-13(2)18(24)21-14-7-9-15(10-8-14)22-19(25)16-5-3-11-23(16)20(26)17-6-4-12-27-17/h4,6-10,12-13,16H,3,5,11H2,1-2H3,(H,21,24)(H,22,25). The summed E-state index contributed by atoms with van der Waals surface area (Å²) in [4.78, 5) is 39.3. The lowest BCUT2D eigenvalue weighted by Crippen LogP contribution is -2.42. The minimum absolute atomic E-state index is 0.0551. The van der Waals surface area contributed by atoms with Gasteiger partial charge < -0.3 is 15.5 Å². The van der Waals surface area contributed by atoms with Crippen molar-refractivity contribution in [2.75, 3.05) is 17.2 Å². The van der Waals surface area contributed by atoms with Gasteiger partial charge in [0.25, 0.3) is 5.91 Å². The molecule has 1 unspecified atom stereocenters. The Morgan fingerprint density at radius 3 is 2.33 bits per heavy atom. The molecule has 0 spiro atoms. The number of hydrogen-bond acceptors (Lipinski definition) is 4. The molecule has 27 heavy (non-hydrogen) atoms. The van der Waals surface area contributed by atoms with Gasteiger partial charge in [-0.1, -0.05) is 19.9 Å². The van der Waals surface area contributed by atoms with E-state index in [4.69, 9.17) is 0 Å². The quantitative estimate of drug-likeness (QED) is 0.826. The summed E-state index contributed by atoms with van der Waals surface area (Å²) in [6.45, 7) is 4.25. The van der Waals surface area contributed by atoms with Crippen molar-refractivity contribution >= 4 is 40.4 Å². The fraction of sp³-hybridized carbons (Fsp3) is 0.350. The van der Waals surface area contributed by atoms with Gasteiger partial charge in [0.15, 0.2) is 0 Å². The number of likely N-dealkylation sites (tertiary alicyclic amines) is 1. The Kier molecular flexibility index (Phi) is 5.91. The molecule has 1 saturated heterocycles. The molecular weight excluding hydrogens is 362 g/mol. The average molecular weight is 385 g/mol. The van der Waals surface area contributed by atoms with Gasteiger partial charge in [-0.2, -0.15) is 0 Å². The minimum Gasteiger partial charge on any atom is -0.326 e. The van der Waals surface area contributed by atoms with E-state index in [2.05, 4.69) is 10.6 Å². The van der Waals surface area contributed by atoms with Crippen molar-refractivity contribution in [2.24, 2.45) is 5.92 Å². The monoisotopic (exact) mass is 385 g/mol. The predicted molar refractivity (Wildman–Crippen MR) is 107 cm³/mol. The van der Waals surface area contributed by atoms with Crippen molar-refractivity contribution in [2.45, 2.75) is 32.7 Å². The molecule has 1 atom stereocenters. The third kappa shape index (κ3) is 4.54. The number of anilines is 2. The Morgan fingerprint density at radius 2 is 1.74 bits per heavy atom. The highest BCUT2D eigenvalue weighted by Gasteiger charge is 2.34. The molecule has 1 aliphatic rings. The van der Waals surface area contributed by atoms with Crippen LogP contribution in [0, 0.1) is 5.92 Å². The van der Waals surface area contributed by atoms with Gasteiger partial charge in [0.1, 0.15) is 6.04 Å². The van der Waals surface area contributed by atoms with Crippen molar-refractivity contribution in [3.63, 3.8) is 0 Å². The molecule has 1 aliphatic heterocycles. The third-order valence-electron chi connectivity index (χ3n) is 4.49. The van der Waals surface area contributed by atoms with Crippen LogP contribution in [0.15, 0.2) is 41.8 Å². The smallest absolute Gasteiger partial charge is 0.264 e. The number of nitrogens with zero attached hydrogens (tertiary/aromatic N) is 1. The molecular formula is C20H23N3O3S. The first-order valence-electron chi connectivity index (χ1n) is 9.02. The first kappa shape index (κ1) is 19.1. The second-order valence-electron chi connectivity index (χ2n) is 6.84. The summed E-state index contributed by atoms with van der Waals surface area (Å²) < 4.78 is 0. The van der Waals surface area contributed by atoms with Crippen molar-refractivity contribution < 1.29 is 14.4 Å². The van der Waals surface area contributed by atoms with E-state index in [9.17, 15) is 14.4 Å². The zero-order valence-corrected chi connectivity index (χ0v) is 16.2. The molecule has 142 valence electrons. The molecule has 0 saturated carbocycles. The second kappa shape index (κ2) is 8.35. The predicted octanol–water partition coefficient (Wildman–Crippen LogP) is 3.59. The van der Waals surface area contributed by atoms with E-state index in [1.54, 1.807) is 35.2 Å². The number of amides is 3. The van der Waals surface area contributed by atoms with Gasteiger partial charge in [-0.3, -0.25) is 14.4 Å². The molecule has 3 rings (SSSR count). The zero-order valence-electron chi connectivity index (χ0n) is 15.4. The van der Waals surface area contributed by atoms with Gasteiger partial charge in [0, 0.05) is 23.8 Å².